The van der Waals surface area contributed by atoms with Gasteiger partial charge in [0.05, 0.1) is 17.2 Å². The number of nitrogens with one attached hydrogen (secondary N) is 1. The molecule has 20 heavy (non-hydrogen) atoms. The summed E-state index contributed by atoms with van der Waals surface area (Å²) in [6, 6.07) is 5.27. The zero-order chi connectivity index (χ0) is 14.5. The van der Waals surface area contributed by atoms with E-state index in [1.807, 2.05) is 6.07 Å². The lowest BCUT2D eigenvalue weighted by Crippen LogP contribution is -2.48. The molecule has 1 amide bonds. The van der Waals surface area contributed by atoms with Crippen molar-refractivity contribution in [2.45, 2.75) is 18.3 Å². The van der Waals surface area contributed by atoms with Crippen molar-refractivity contribution in [3.8, 4) is 0 Å². The number of carbonyl (C=O) groups excluding carboxylic acids is 2. The van der Waals surface area contributed by atoms with Crippen molar-refractivity contribution >= 4 is 35.1 Å². The van der Waals surface area contributed by atoms with Crippen LogP contribution in [-0.2, 0) is 19.7 Å². The first kappa shape index (κ1) is 13.7. The number of carbonyl (C=O) groups is 2. The van der Waals surface area contributed by atoms with Gasteiger partial charge in [-0.15, -0.1) is 0 Å². The van der Waals surface area contributed by atoms with Crippen molar-refractivity contribution in [1.29, 1.82) is 0 Å². The van der Waals surface area contributed by atoms with E-state index in [1.54, 1.807) is 12.1 Å². The number of hydrogen-bond acceptors (Lipinski definition) is 3. The number of hydrogen-bond donors (Lipinski definition) is 1. The Morgan fingerprint density at radius 3 is 2.75 bits per heavy atom. The lowest BCUT2D eigenvalue weighted by molar-refractivity contribution is -0.154. The molecule has 3 rings (SSSR count). The second kappa shape index (κ2) is 4.37. The normalized spacial score (nSPS) is 31.2. The van der Waals surface area contributed by atoms with Crippen LogP contribution in [0.15, 0.2) is 18.2 Å². The van der Waals surface area contributed by atoms with Gasteiger partial charge in [-0.05, 0) is 30.5 Å². The smallest absolute Gasteiger partial charge is 0.322 e. The van der Waals surface area contributed by atoms with E-state index in [1.165, 1.54) is 7.11 Å². The summed E-state index contributed by atoms with van der Waals surface area (Å²) in [5.74, 6) is -0.748. The Kier molecular flexibility index (Phi) is 2.99. The zero-order valence-corrected chi connectivity index (χ0v) is 12.3. The average Bonchev–Trinajstić information content (AvgIpc) is 3.14. The molecule has 0 aromatic heterocycles. The zero-order valence-electron chi connectivity index (χ0n) is 10.8. The number of esters is 1. The van der Waals surface area contributed by atoms with E-state index in [0.29, 0.717) is 29.4 Å². The quantitative estimate of drug-likeness (QED) is 0.673. The average molecular weight is 314 g/mol. The molecule has 1 aliphatic carbocycles. The minimum atomic E-state index is -1.11. The maximum Gasteiger partial charge on any atom is 0.322 e. The Labute approximate surface area is 126 Å². The SMILES string of the molecule is COC(=O)C12CC1(c1ccc(Cl)c(Cl)c1)CCNC2=O. The van der Waals surface area contributed by atoms with Crippen molar-refractivity contribution in [2.24, 2.45) is 5.41 Å². The maximum absolute atomic E-state index is 12.2. The van der Waals surface area contributed by atoms with Crippen molar-refractivity contribution in [3.63, 3.8) is 0 Å². The third-order valence-electron chi connectivity index (χ3n) is 4.49. The third kappa shape index (κ3) is 1.55. The molecule has 0 spiro atoms. The van der Waals surface area contributed by atoms with E-state index in [2.05, 4.69) is 5.32 Å². The van der Waals surface area contributed by atoms with Crippen LogP contribution in [0.1, 0.15) is 18.4 Å². The Balaban J connectivity index is 2.09. The first-order chi connectivity index (χ1) is 9.48. The van der Waals surface area contributed by atoms with E-state index in [0.717, 1.165) is 5.56 Å². The number of amides is 1. The van der Waals surface area contributed by atoms with E-state index >= 15 is 0 Å². The molecular weight excluding hydrogens is 301 g/mol. The summed E-state index contributed by atoms with van der Waals surface area (Å²) in [5.41, 5.74) is -0.763. The Morgan fingerprint density at radius 1 is 1.35 bits per heavy atom. The fourth-order valence-corrected chi connectivity index (χ4v) is 3.67. The van der Waals surface area contributed by atoms with Gasteiger partial charge in [0.2, 0.25) is 5.91 Å². The van der Waals surface area contributed by atoms with Gasteiger partial charge in [0, 0.05) is 12.0 Å². The number of halogens is 2. The number of rotatable bonds is 2. The number of piperidine rings is 1. The van der Waals surface area contributed by atoms with E-state index < -0.39 is 16.8 Å². The van der Waals surface area contributed by atoms with Crippen molar-refractivity contribution in [1.82, 2.24) is 5.32 Å². The Morgan fingerprint density at radius 2 is 2.10 bits per heavy atom. The van der Waals surface area contributed by atoms with Crippen LogP contribution in [0, 0.1) is 5.41 Å². The molecule has 2 aliphatic rings. The van der Waals surface area contributed by atoms with Gasteiger partial charge in [-0.25, -0.2) is 0 Å². The first-order valence-corrected chi connectivity index (χ1v) is 7.06. The highest BCUT2D eigenvalue weighted by atomic mass is 35.5. The Bertz CT molecular complexity index is 608. The van der Waals surface area contributed by atoms with Gasteiger partial charge < -0.3 is 10.1 Å². The fraction of sp³-hybridized carbons (Fsp3) is 0.429. The summed E-state index contributed by atoms with van der Waals surface area (Å²) in [4.78, 5) is 24.3. The predicted molar refractivity (Wildman–Crippen MR) is 74.8 cm³/mol. The highest BCUT2D eigenvalue weighted by molar-refractivity contribution is 6.42. The molecule has 0 radical (unpaired) electrons. The highest BCUT2D eigenvalue weighted by Gasteiger charge is 2.78. The maximum atomic E-state index is 12.2. The molecule has 2 unspecified atom stereocenters. The molecule has 1 aliphatic heterocycles. The summed E-state index contributed by atoms with van der Waals surface area (Å²) in [6.45, 7) is 0.540. The minimum absolute atomic E-state index is 0.262. The standard InChI is InChI=1S/C14H13Cl2NO3/c1-20-12(19)14-7-13(14,4-5-17-11(14)18)8-2-3-9(15)10(16)6-8/h2-3,6H,4-5,7H2,1H3,(H,17,18). The largest absolute Gasteiger partial charge is 0.468 e. The molecule has 0 bridgehead atoms. The van der Waals surface area contributed by atoms with E-state index in [4.69, 9.17) is 27.9 Å². The van der Waals surface area contributed by atoms with Gasteiger partial charge in [0.15, 0.2) is 5.41 Å². The third-order valence-corrected chi connectivity index (χ3v) is 5.23. The van der Waals surface area contributed by atoms with Gasteiger partial charge in [0.1, 0.15) is 0 Å². The number of benzene rings is 1. The summed E-state index contributed by atoms with van der Waals surface area (Å²) in [6.07, 6.45) is 1.14. The summed E-state index contributed by atoms with van der Waals surface area (Å²) < 4.78 is 4.85. The molecule has 2 fully saturated rings. The van der Waals surface area contributed by atoms with Gasteiger partial charge in [-0.1, -0.05) is 29.3 Å². The van der Waals surface area contributed by atoms with Crippen LogP contribution in [0.25, 0.3) is 0 Å². The second-order valence-corrected chi connectivity index (χ2v) is 6.10. The Hall–Kier alpha value is -1.26. The summed E-state index contributed by atoms with van der Waals surface area (Å²) in [7, 11) is 1.30. The van der Waals surface area contributed by atoms with Gasteiger partial charge in [0.25, 0.3) is 0 Å². The van der Waals surface area contributed by atoms with Crippen LogP contribution in [0.4, 0.5) is 0 Å². The number of fused-ring (bicyclic) bond motifs is 1. The lowest BCUT2D eigenvalue weighted by atomic mass is 9.80. The number of ether oxygens (including phenoxy) is 1. The van der Waals surface area contributed by atoms with Crippen molar-refractivity contribution in [3.05, 3.63) is 33.8 Å². The molecule has 1 aromatic carbocycles. The van der Waals surface area contributed by atoms with Crippen LogP contribution in [0.3, 0.4) is 0 Å². The van der Waals surface area contributed by atoms with Crippen LogP contribution in [0.5, 0.6) is 0 Å². The van der Waals surface area contributed by atoms with Crippen LogP contribution >= 0.6 is 23.2 Å². The molecule has 2 atom stereocenters. The highest BCUT2D eigenvalue weighted by Crippen LogP contribution is 2.68. The number of methoxy groups -OCH3 is 1. The molecule has 1 saturated heterocycles. The second-order valence-electron chi connectivity index (χ2n) is 5.29. The lowest BCUT2D eigenvalue weighted by Gasteiger charge is -2.29. The molecule has 6 heteroatoms. The van der Waals surface area contributed by atoms with Gasteiger partial charge >= 0.3 is 5.97 Å². The molecule has 1 saturated carbocycles. The summed E-state index contributed by atoms with van der Waals surface area (Å²) in [5, 5.41) is 3.63. The molecular formula is C14H13Cl2NO3. The first-order valence-electron chi connectivity index (χ1n) is 6.30. The van der Waals surface area contributed by atoms with Crippen molar-refractivity contribution in [2.75, 3.05) is 13.7 Å². The van der Waals surface area contributed by atoms with Gasteiger partial charge in [-0.2, -0.15) is 0 Å². The van der Waals surface area contributed by atoms with E-state index in [9.17, 15) is 9.59 Å². The fourth-order valence-electron chi connectivity index (χ4n) is 3.37. The summed E-state index contributed by atoms with van der Waals surface area (Å²) >= 11 is 12.0. The minimum Gasteiger partial charge on any atom is -0.468 e. The van der Waals surface area contributed by atoms with Crippen LogP contribution < -0.4 is 5.32 Å². The molecule has 4 nitrogen and oxygen atoms in total. The molecule has 106 valence electrons. The molecule has 1 aromatic rings. The van der Waals surface area contributed by atoms with Crippen LogP contribution in [-0.4, -0.2) is 25.5 Å². The molecule has 1 heterocycles. The van der Waals surface area contributed by atoms with Crippen LogP contribution in [0.2, 0.25) is 10.0 Å². The van der Waals surface area contributed by atoms with Gasteiger partial charge in [-0.3, -0.25) is 9.59 Å². The van der Waals surface area contributed by atoms with E-state index in [-0.39, 0.29) is 5.91 Å². The topological polar surface area (TPSA) is 55.4 Å². The molecule has 1 N–H and O–H groups in total. The monoisotopic (exact) mass is 313 g/mol. The van der Waals surface area contributed by atoms with Crippen molar-refractivity contribution < 1.29 is 14.3 Å². The predicted octanol–water partition coefficient (Wildman–Crippen LogP) is 2.31.